The number of sulfonamides is 1. The molecule has 1 amide bonds. The number of aliphatic carboxylic acids is 1. The largest absolute Gasteiger partial charge is 0.480 e. The Morgan fingerprint density at radius 2 is 1.62 bits per heavy atom. The first-order chi connectivity index (χ1) is 22.8. The van der Waals surface area contributed by atoms with Gasteiger partial charge in [0.05, 0.1) is 23.9 Å². The van der Waals surface area contributed by atoms with E-state index in [9.17, 15) is 36.7 Å². The van der Waals surface area contributed by atoms with Crippen molar-refractivity contribution in [3.63, 3.8) is 0 Å². The van der Waals surface area contributed by atoms with E-state index in [4.69, 9.17) is 14.2 Å². The highest BCUT2D eigenvalue weighted by Gasteiger charge is 2.52. The first kappa shape index (κ1) is 34.8. The molecular weight excluding hydrogens is 650 g/mol. The van der Waals surface area contributed by atoms with Gasteiger partial charge in [0, 0.05) is 19.4 Å². The molecule has 1 heterocycles. The zero-order valence-corrected chi connectivity index (χ0v) is 27.0. The van der Waals surface area contributed by atoms with Crippen LogP contribution in [0.4, 0.5) is 13.6 Å². The molecule has 5 rings (SSSR count). The number of amides is 1. The van der Waals surface area contributed by atoms with Gasteiger partial charge in [0.2, 0.25) is 16.3 Å². The Hall–Kier alpha value is -4.56. The molecule has 1 saturated heterocycles. The molecule has 2 N–H and O–H groups in total. The molecule has 14 heteroatoms. The number of carboxylic acid groups (broad SMARTS) is 1. The molecular formula is C34H36F2N2O9S. The van der Waals surface area contributed by atoms with Crippen LogP contribution in [0.3, 0.4) is 0 Å². The van der Waals surface area contributed by atoms with Crippen molar-refractivity contribution in [2.75, 3.05) is 13.1 Å². The molecule has 0 radical (unpaired) electrons. The van der Waals surface area contributed by atoms with Crippen molar-refractivity contribution in [2.24, 2.45) is 5.92 Å². The minimum Gasteiger partial charge on any atom is -0.480 e. The van der Waals surface area contributed by atoms with Gasteiger partial charge < -0.3 is 24.6 Å². The summed E-state index contributed by atoms with van der Waals surface area (Å²) in [5.74, 6) is -3.00. The molecule has 0 spiro atoms. The summed E-state index contributed by atoms with van der Waals surface area (Å²) in [6.07, 6.45) is 1.62. The number of carbonyl (C=O) groups is 3. The molecule has 48 heavy (non-hydrogen) atoms. The molecule has 1 unspecified atom stereocenters. The number of nitrogens with one attached hydrogen (secondary N) is 1. The van der Waals surface area contributed by atoms with Crippen LogP contribution in [0.2, 0.25) is 0 Å². The monoisotopic (exact) mass is 686 g/mol. The number of rotatable bonds is 12. The van der Waals surface area contributed by atoms with Crippen molar-refractivity contribution >= 4 is 28.1 Å². The molecule has 1 aliphatic carbocycles. The van der Waals surface area contributed by atoms with Gasteiger partial charge in [-0.25, -0.2) is 26.8 Å². The minimum absolute atomic E-state index is 0.131. The third kappa shape index (κ3) is 8.29. The summed E-state index contributed by atoms with van der Waals surface area (Å²) in [5, 5.41) is 12.0. The molecule has 1 saturated carbocycles. The zero-order valence-electron chi connectivity index (χ0n) is 26.1. The smallest absolute Gasteiger partial charge is 0.410 e. The summed E-state index contributed by atoms with van der Waals surface area (Å²) >= 11 is 0. The van der Waals surface area contributed by atoms with Gasteiger partial charge in [0.15, 0.2) is 5.60 Å². The second kappa shape index (κ2) is 14.7. The van der Waals surface area contributed by atoms with E-state index in [1.807, 2.05) is 0 Å². The number of nitrogens with zero attached hydrogens (tertiary/aromatic N) is 1. The Morgan fingerprint density at radius 3 is 2.29 bits per heavy atom. The Bertz CT molecular complexity index is 1740. The van der Waals surface area contributed by atoms with Crippen molar-refractivity contribution in [3.8, 4) is 5.75 Å². The molecule has 256 valence electrons. The highest BCUT2D eigenvalue weighted by molar-refractivity contribution is 7.89. The van der Waals surface area contributed by atoms with Crippen LogP contribution in [0.5, 0.6) is 5.75 Å². The van der Waals surface area contributed by atoms with Gasteiger partial charge in [-0.1, -0.05) is 49.6 Å². The van der Waals surface area contributed by atoms with Gasteiger partial charge in [0.25, 0.3) is 0 Å². The number of carboxylic acids is 1. The average Bonchev–Trinajstić information content (AvgIpc) is 3.03. The van der Waals surface area contributed by atoms with Crippen molar-refractivity contribution in [1.29, 1.82) is 0 Å². The quantitative estimate of drug-likeness (QED) is 0.195. The number of ether oxygens (including phenoxy) is 3. The van der Waals surface area contributed by atoms with Crippen LogP contribution in [0.1, 0.15) is 50.2 Å². The fourth-order valence-corrected chi connectivity index (χ4v) is 7.48. The van der Waals surface area contributed by atoms with E-state index in [0.717, 1.165) is 23.6 Å². The van der Waals surface area contributed by atoms with E-state index >= 15 is 0 Å². The van der Waals surface area contributed by atoms with Gasteiger partial charge in [-0.05, 0) is 60.4 Å². The SMILES string of the molecule is CC(OC(=O)N[C@@H](Cc1cccc(S(=O)(=O)N2CC(Oc3cccc(F)c3)(c3ccc(F)cc3)C2)c1)C(=O)O)OC(=O)C1CCCCC1. The Kier molecular flexibility index (Phi) is 10.6. The lowest BCUT2D eigenvalue weighted by molar-refractivity contribution is -0.171. The highest BCUT2D eigenvalue weighted by atomic mass is 32.2. The summed E-state index contributed by atoms with van der Waals surface area (Å²) in [4.78, 5) is 36.7. The summed E-state index contributed by atoms with van der Waals surface area (Å²) in [5.41, 5.74) is -0.442. The van der Waals surface area contributed by atoms with Crippen LogP contribution < -0.4 is 10.1 Å². The maximum absolute atomic E-state index is 13.9. The fourth-order valence-electron chi connectivity index (χ4n) is 5.88. The van der Waals surface area contributed by atoms with E-state index in [0.29, 0.717) is 24.0 Å². The van der Waals surface area contributed by atoms with Gasteiger partial charge in [-0.2, -0.15) is 4.31 Å². The summed E-state index contributed by atoms with van der Waals surface area (Å²) in [7, 11) is -4.13. The van der Waals surface area contributed by atoms with Crippen molar-refractivity contribution < 1.29 is 50.9 Å². The minimum atomic E-state index is -4.13. The van der Waals surface area contributed by atoms with Crippen molar-refractivity contribution in [3.05, 3.63) is 95.6 Å². The molecule has 1 aliphatic heterocycles. The predicted octanol–water partition coefficient (Wildman–Crippen LogP) is 5.14. The first-order valence-corrected chi connectivity index (χ1v) is 17.0. The second-order valence-electron chi connectivity index (χ2n) is 12.0. The first-order valence-electron chi connectivity index (χ1n) is 15.5. The standard InChI is InChI=1S/C34H36F2N2O9S/c1-22(45-32(41)24-8-3-2-4-9-24)46-33(42)37-30(31(39)40)18-23-7-5-12-29(17-23)48(43,44)38-20-34(21-38,25-13-15-26(35)16-14-25)47-28-11-6-10-27(36)19-28/h5-7,10-17,19,22,24,30H,2-4,8-9,18,20-21H2,1H3,(H,37,42)(H,39,40)/t22?,30-/m0/s1. The molecule has 3 aromatic rings. The maximum atomic E-state index is 13.9. The van der Waals surface area contributed by atoms with Gasteiger partial charge in [0.1, 0.15) is 23.4 Å². The van der Waals surface area contributed by atoms with Gasteiger partial charge >= 0.3 is 18.0 Å². The number of alkyl carbamates (subject to hydrolysis) is 1. The van der Waals surface area contributed by atoms with Gasteiger partial charge in [-0.15, -0.1) is 0 Å². The number of halogens is 2. The van der Waals surface area contributed by atoms with E-state index in [1.54, 1.807) is 0 Å². The number of carbonyl (C=O) groups excluding carboxylic acids is 2. The second-order valence-corrected chi connectivity index (χ2v) is 13.9. The summed E-state index contributed by atoms with van der Waals surface area (Å²) < 4.78 is 72.5. The molecule has 0 bridgehead atoms. The van der Waals surface area contributed by atoms with E-state index in [2.05, 4.69) is 5.32 Å². The van der Waals surface area contributed by atoms with Crippen LogP contribution in [0.25, 0.3) is 0 Å². The van der Waals surface area contributed by atoms with Crippen LogP contribution in [-0.4, -0.2) is 61.3 Å². The van der Waals surface area contributed by atoms with Crippen molar-refractivity contribution in [2.45, 2.75) is 68.3 Å². The number of hydrogen-bond donors (Lipinski definition) is 2. The Morgan fingerprint density at radius 1 is 0.938 bits per heavy atom. The lowest BCUT2D eigenvalue weighted by Crippen LogP contribution is -2.64. The fraction of sp³-hybridized carbons (Fsp3) is 0.382. The van der Waals surface area contributed by atoms with Crippen molar-refractivity contribution in [1.82, 2.24) is 9.62 Å². The van der Waals surface area contributed by atoms with Crippen LogP contribution in [-0.2, 0) is 41.1 Å². The molecule has 11 nitrogen and oxygen atoms in total. The Balaban J connectivity index is 1.24. The highest BCUT2D eigenvalue weighted by Crippen LogP contribution is 2.40. The van der Waals surface area contributed by atoms with Crippen LogP contribution >= 0.6 is 0 Å². The number of esters is 1. The third-order valence-corrected chi connectivity index (χ3v) is 10.2. The van der Waals surface area contributed by atoms with Gasteiger partial charge in [-0.3, -0.25) is 4.79 Å². The molecule has 0 aromatic heterocycles. The molecule has 2 aliphatic rings. The third-order valence-electron chi connectivity index (χ3n) is 8.40. The number of benzene rings is 3. The molecule has 2 fully saturated rings. The predicted molar refractivity (Wildman–Crippen MR) is 167 cm³/mol. The topological polar surface area (TPSA) is 149 Å². The maximum Gasteiger partial charge on any atom is 0.410 e. The lowest BCUT2D eigenvalue weighted by atomic mass is 9.87. The molecule has 3 aromatic carbocycles. The average molecular weight is 687 g/mol. The Labute approximate surface area is 276 Å². The summed E-state index contributed by atoms with van der Waals surface area (Å²) in [6.45, 7) is 1.01. The van der Waals surface area contributed by atoms with E-state index < -0.39 is 57.6 Å². The normalized spacial score (nSPS) is 17.7. The van der Waals surface area contributed by atoms with E-state index in [-0.39, 0.29) is 36.1 Å². The lowest BCUT2D eigenvalue weighted by Gasteiger charge is -2.48. The zero-order chi connectivity index (χ0) is 34.5. The summed E-state index contributed by atoms with van der Waals surface area (Å²) in [6, 6.07) is 14.9. The van der Waals surface area contributed by atoms with Crippen LogP contribution in [0, 0.1) is 17.6 Å². The molecule has 2 atom stereocenters. The van der Waals surface area contributed by atoms with E-state index in [1.165, 1.54) is 79.7 Å². The van der Waals surface area contributed by atoms with Crippen LogP contribution in [0.15, 0.2) is 77.7 Å². The number of hydrogen-bond acceptors (Lipinski definition) is 8.